The van der Waals surface area contributed by atoms with Gasteiger partial charge in [0.05, 0.1) is 53.5 Å². The number of benzene rings is 2. The van der Waals surface area contributed by atoms with E-state index < -0.39 is 5.97 Å². The molecule has 2 N–H and O–H groups in total. The summed E-state index contributed by atoms with van der Waals surface area (Å²) in [6.45, 7) is 5.46. The van der Waals surface area contributed by atoms with Crippen LogP contribution in [-0.4, -0.2) is 94.4 Å². The summed E-state index contributed by atoms with van der Waals surface area (Å²) in [5.74, 6) is -1.41. The molecule has 48 heavy (non-hydrogen) atoms. The third-order valence-corrected chi connectivity index (χ3v) is 10.9. The number of rotatable bonds is 11. The number of nitrogens with zero attached hydrogens (tertiary/aromatic N) is 3. The zero-order chi connectivity index (χ0) is 33.9. The Kier molecular flexibility index (Phi) is 11.0. The highest BCUT2D eigenvalue weighted by molar-refractivity contribution is 6.36. The third kappa shape index (κ3) is 7.68. The second-order valence-corrected chi connectivity index (χ2v) is 14.1. The van der Waals surface area contributed by atoms with Crippen LogP contribution in [0.25, 0.3) is 10.9 Å². The standard InChI is InChI=1S/C36H44Cl2N4O6/c1-3-47-27-12-13-41(19-27)24-16-25(21-48-26-10-8-22(9-11-26)36(45)46)42(18-24)34(43)15-23-14-31(38)32(17-30(23)37)39-35(44)29-20-40(2)33-7-5-4-6-28(29)33/h4-7,14,17,20,22,24-27H,3,8-13,15-16,18-19,21H2,1-2H3,(H,39,44)(H,45,46)/t22?,24-,25-,26?,27-/m0/s1. The summed E-state index contributed by atoms with van der Waals surface area (Å²) < 4.78 is 14.1. The number of para-hydroxylation sites is 1. The minimum Gasteiger partial charge on any atom is -0.481 e. The van der Waals surface area contributed by atoms with Crippen molar-refractivity contribution < 1.29 is 29.0 Å². The lowest BCUT2D eigenvalue weighted by Crippen LogP contribution is -2.41. The van der Waals surface area contributed by atoms with E-state index in [4.69, 9.17) is 32.7 Å². The number of likely N-dealkylation sites (tertiary alicyclic amines) is 2. The van der Waals surface area contributed by atoms with Crippen molar-refractivity contribution in [2.45, 2.75) is 76.2 Å². The molecule has 0 radical (unpaired) electrons. The van der Waals surface area contributed by atoms with Crippen molar-refractivity contribution in [3.63, 3.8) is 0 Å². The van der Waals surface area contributed by atoms with E-state index in [0.29, 0.717) is 72.3 Å². The van der Waals surface area contributed by atoms with Crippen LogP contribution >= 0.6 is 23.2 Å². The minimum atomic E-state index is -0.737. The lowest BCUT2D eigenvalue weighted by molar-refractivity contribution is -0.144. The predicted octanol–water partition coefficient (Wildman–Crippen LogP) is 6.02. The van der Waals surface area contributed by atoms with Gasteiger partial charge in [-0.1, -0.05) is 41.4 Å². The Morgan fingerprint density at radius 3 is 2.50 bits per heavy atom. The molecule has 2 aromatic carbocycles. The Balaban J connectivity index is 1.13. The molecule has 1 aromatic heterocycles. The topological polar surface area (TPSA) is 113 Å². The molecule has 6 rings (SSSR count). The molecule has 3 aliphatic rings. The van der Waals surface area contributed by atoms with E-state index >= 15 is 0 Å². The van der Waals surface area contributed by atoms with Crippen molar-refractivity contribution in [2.24, 2.45) is 13.0 Å². The smallest absolute Gasteiger partial charge is 0.306 e. The fraction of sp³-hybridized carbons (Fsp3) is 0.528. The van der Waals surface area contributed by atoms with Crippen LogP contribution in [0.15, 0.2) is 42.6 Å². The average molecular weight is 700 g/mol. The molecule has 1 saturated carbocycles. The van der Waals surface area contributed by atoms with E-state index in [2.05, 4.69) is 10.2 Å². The number of nitrogens with one attached hydrogen (secondary N) is 1. The maximum absolute atomic E-state index is 13.9. The summed E-state index contributed by atoms with van der Waals surface area (Å²) >= 11 is 13.4. The summed E-state index contributed by atoms with van der Waals surface area (Å²) in [7, 11) is 1.89. The van der Waals surface area contributed by atoms with E-state index in [1.807, 2.05) is 47.7 Å². The summed E-state index contributed by atoms with van der Waals surface area (Å²) in [6.07, 6.45) is 6.46. The second-order valence-electron chi connectivity index (χ2n) is 13.3. The first kappa shape index (κ1) is 34.7. The molecule has 10 nitrogen and oxygen atoms in total. The number of hydrogen-bond acceptors (Lipinski definition) is 6. The number of aliphatic carboxylic acids is 1. The van der Waals surface area contributed by atoms with Crippen molar-refractivity contribution in [3.05, 3.63) is 63.8 Å². The number of amides is 2. The molecule has 3 aromatic rings. The number of ether oxygens (including phenoxy) is 2. The normalized spacial score (nSPS) is 24.8. The van der Waals surface area contributed by atoms with Gasteiger partial charge in [0.15, 0.2) is 0 Å². The number of halogens is 2. The van der Waals surface area contributed by atoms with Gasteiger partial charge in [-0.3, -0.25) is 19.3 Å². The maximum Gasteiger partial charge on any atom is 0.306 e. The number of carboxylic acids is 1. The summed E-state index contributed by atoms with van der Waals surface area (Å²) in [5, 5.41) is 13.7. The van der Waals surface area contributed by atoms with Crippen LogP contribution in [0.3, 0.4) is 0 Å². The monoisotopic (exact) mass is 698 g/mol. The SMILES string of the molecule is CCO[C@H]1CCN([C@H]2C[C@@H](COC3CCC(C(=O)O)CC3)N(C(=O)Cc3cc(Cl)c(NC(=O)c4cn(C)c5ccccc45)cc3Cl)C2)C1. The van der Waals surface area contributed by atoms with Crippen LogP contribution in [0.1, 0.15) is 61.4 Å². The maximum atomic E-state index is 13.9. The first-order valence-corrected chi connectivity index (χ1v) is 17.7. The third-order valence-electron chi connectivity index (χ3n) is 10.2. The molecule has 2 saturated heterocycles. The second kappa shape index (κ2) is 15.2. The van der Waals surface area contributed by atoms with E-state index in [0.717, 1.165) is 36.8 Å². The van der Waals surface area contributed by atoms with Crippen LogP contribution in [-0.2, 0) is 32.5 Å². The highest BCUT2D eigenvalue weighted by Gasteiger charge is 2.41. The van der Waals surface area contributed by atoms with Crippen molar-refractivity contribution in [1.29, 1.82) is 0 Å². The number of aryl methyl sites for hydroxylation is 1. The van der Waals surface area contributed by atoms with Gasteiger partial charge in [-0.15, -0.1) is 0 Å². The fourth-order valence-electron chi connectivity index (χ4n) is 7.60. The number of aromatic nitrogens is 1. The molecule has 12 heteroatoms. The molecule has 0 bridgehead atoms. The molecular weight excluding hydrogens is 655 g/mol. The zero-order valence-electron chi connectivity index (χ0n) is 27.5. The molecule has 3 fully saturated rings. The molecule has 1 aliphatic carbocycles. The number of hydrogen-bond donors (Lipinski definition) is 2. The van der Waals surface area contributed by atoms with Gasteiger partial charge in [0.2, 0.25) is 5.91 Å². The molecule has 2 aliphatic heterocycles. The number of carbonyl (C=O) groups is 3. The van der Waals surface area contributed by atoms with Crippen molar-refractivity contribution in [3.8, 4) is 0 Å². The van der Waals surface area contributed by atoms with Gasteiger partial charge >= 0.3 is 5.97 Å². The Morgan fingerprint density at radius 2 is 1.75 bits per heavy atom. The number of carboxylic acid groups (broad SMARTS) is 1. The minimum absolute atomic E-state index is 0.00407. The van der Waals surface area contributed by atoms with Gasteiger partial charge in [0.25, 0.3) is 5.91 Å². The molecule has 2 amide bonds. The summed E-state index contributed by atoms with van der Waals surface area (Å²) in [4.78, 5) is 43.0. The first-order valence-electron chi connectivity index (χ1n) is 16.9. The van der Waals surface area contributed by atoms with Crippen molar-refractivity contribution in [1.82, 2.24) is 14.4 Å². The highest BCUT2D eigenvalue weighted by atomic mass is 35.5. The first-order chi connectivity index (χ1) is 23.1. The Bertz CT molecular complexity index is 1650. The van der Waals surface area contributed by atoms with Gasteiger partial charge < -0.3 is 29.4 Å². The highest BCUT2D eigenvalue weighted by Crippen LogP contribution is 2.34. The van der Waals surface area contributed by atoms with Crippen molar-refractivity contribution >= 4 is 57.6 Å². The summed E-state index contributed by atoms with van der Waals surface area (Å²) in [6, 6.07) is 11.0. The number of carbonyl (C=O) groups excluding carboxylic acids is 2. The lowest BCUT2D eigenvalue weighted by atomic mass is 9.87. The largest absolute Gasteiger partial charge is 0.481 e. The quantitative estimate of drug-likeness (QED) is 0.252. The number of anilines is 1. The van der Waals surface area contributed by atoms with Crippen LogP contribution in [0.4, 0.5) is 5.69 Å². The molecular formula is C36H44Cl2N4O6. The van der Waals surface area contributed by atoms with Crippen LogP contribution < -0.4 is 5.32 Å². The molecule has 0 spiro atoms. The predicted molar refractivity (Wildman–Crippen MR) is 186 cm³/mol. The molecule has 0 unspecified atom stereocenters. The fourth-order valence-corrected chi connectivity index (χ4v) is 8.06. The van der Waals surface area contributed by atoms with Crippen molar-refractivity contribution in [2.75, 3.05) is 38.2 Å². The van der Waals surface area contributed by atoms with E-state index in [9.17, 15) is 19.5 Å². The van der Waals surface area contributed by atoms with E-state index in [1.165, 1.54) is 0 Å². The van der Waals surface area contributed by atoms with Gasteiger partial charge in [-0.05, 0) is 69.2 Å². The van der Waals surface area contributed by atoms with E-state index in [-0.39, 0.29) is 48.4 Å². The van der Waals surface area contributed by atoms with Gasteiger partial charge in [-0.2, -0.15) is 0 Å². The average Bonchev–Trinajstić information content (AvgIpc) is 3.80. The van der Waals surface area contributed by atoms with Gasteiger partial charge in [-0.25, -0.2) is 0 Å². The lowest BCUT2D eigenvalue weighted by Gasteiger charge is -2.30. The Morgan fingerprint density at radius 1 is 0.979 bits per heavy atom. The van der Waals surface area contributed by atoms with Crippen LogP contribution in [0, 0.1) is 5.92 Å². The summed E-state index contributed by atoms with van der Waals surface area (Å²) in [5.41, 5.74) is 2.43. The van der Waals surface area contributed by atoms with E-state index in [1.54, 1.807) is 18.3 Å². The Labute approximate surface area is 291 Å². The Hall–Kier alpha value is -3.15. The van der Waals surface area contributed by atoms with Crippen LogP contribution in [0.5, 0.6) is 0 Å². The molecule has 258 valence electrons. The van der Waals surface area contributed by atoms with Gasteiger partial charge in [0.1, 0.15) is 0 Å². The van der Waals surface area contributed by atoms with Crippen LogP contribution in [0.2, 0.25) is 10.0 Å². The molecule has 3 heterocycles. The molecule has 3 atom stereocenters. The zero-order valence-corrected chi connectivity index (χ0v) is 29.0. The van der Waals surface area contributed by atoms with Gasteiger partial charge in [0, 0.05) is 61.5 Å². The number of fused-ring (bicyclic) bond motifs is 1.